The molecule has 0 amide bonds. The topological polar surface area (TPSA) is 20.3 Å². The van der Waals surface area contributed by atoms with E-state index in [1.165, 1.54) is 19.1 Å². The minimum atomic E-state index is -0.350. The summed E-state index contributed by atoms with van der Waals surface area (Å²) in [7, 11) is 0. The monoisotopic (exact) mass is 293 g/mol. The molecule has 0 aliphatic rings. The third-order valence-corrected chi connectivity index (χ3v) is 3.63. The minimum absolute atomic E-state index is 0.0800. The van der Waals surface area contributed by atoms with Gasteiger partial charge in [0.2, 0.25) is 0 Å². The quantitative estimate of drug-likeness (QED) is 0.634. The number of rotatable bonds is 8. The molecule has 1 rings (SSSR count). The summed E-state index contributed by atoms with van der Waals surface area (Å²) < 4.78 is 13.4. The summed E-state index contributed by atoms with van der Waals surface area (Å²) in [5.41, 5.74) is 1.35. The number of carbonyl (C=O) groups is 1. The van der Waals surface area contributed by atoms with Crippen LogP contribution < -0.4 is 4.90 Å². The summed E-state index contributed by atoms with van der Waals surface area (Å²) in [6.45, 7) is 12.1. The Hall–Kier alpha value is -1.38. The van der Waals surface area contributed by atoms with Gasteiger partial charge in [-0.25, -0.2) is 4.39 Å². The molecule has 118 valence electrons. The maximum Gasteiger partial charge on any atom is 0.161 e. The average molecular weight is 293 g/mol. The molecule has 0 saturated heterocycles. The van der Waals surface area contributed by atoms with Crippen molar-refractivity contribution >= 4 is 11.5 Å². The zero-order chi connectivity index (χ0) is 16.0. The summed E-state index contributed by atoms with van der Waals surface area (Å²) in [5, 5.41) is 0. The number of anilines is 1. The van der Waals surface area contributed by atoms with Gasteiger partial charge in [0.05, 0.1) is 0 Å². The number of Topliss-reactive ketones (excluding diaryl/α,β-unsaturated/α-hetero) is 1. The number of carbonyl (C=O) groups excluding carboxylic acids is 1. The van der Waals surface area contributed by atoms with E-state index >= 15 is 0 Å². The summed E-state index contributed by atoms with van der Waals surface area (Å²) in [4.78, 5) is 14.0. The first-order valence-corrected chi connectivity index (χ1v) is 7.86. The zero-order valence-electron chi connectivity index (χ0n) is 13.9. The van der Waals surface area contributed by atoms with E-state index < -0.39 is 0 Å². The van der Waals surface area contributed by atoms with E-state index in [1.807, 2.05) is 0 Å². The molecule has 1 aromatic carbocycles. The predicted molar refractivity (Wildman–Crippen MR) is 87.5 cm³/mol. The molecule has 0 radical (unpaired) electrons. The molecular formula is C18H28FNO. The maximum absolute atomic E-state index is 13.4. The van der Waals surface area contributed by atoms with Crippen LogP contribution in [0.15, 0.2) is 18.2 Å². The van der Waals surface area contributed by atoms with Crippen molar-refractivity contribution < 1.29 is 9.18 Å². The molecule has 1 aromatic rings. The van der Waals surface area contributed by atoms with Crippen LogP contribution in [0.25, 0.3) is 0 Å². The van der Waals surface area contributed by atoms with Gasteiger partial charge in [-0.3, -0.25) is 4.79 Å². The van der Waals surface area contributed by atoms with Crippen LogP contribution in [0.2, 0.25) is 0 Å². The van der Waals surface area contributed by atoms with Crippen LogP contribution in [0.1, 0.15) is 57.8 Å². The Labute approximate surface area is 128 Å². The third kappa shape index (κ3) is 5.86. The molecule has 0 aliphatic heterocycles. The Bertz CT molecular complexity index is 456. The van der Waals surface area contributed by atoms with Gasteiger partial charge in [0.25, 0.3) is 0 Å². The summed E-state index contributed by atoms with van der Waals surface area (Å²) in [6.07, 6.45) is 2.12. The highest BCUT2D eigenvalue weighted by Gasteiger charge is 2.16. The fourth-order valence-corrected chi connectivity index (χ4v) is 2.25. The van der Waals surface area contributed by atoms with E-state index in [9.17, 15) is 9.18 Å². The second-order valence-corrected chi connectivity index (χ2v) is 6.57. The van der Waals surface area contributed by atoms with Crippen molar-refractivity contribution in [1.29, 1.82) is 0 Å². The maximum atomic E-state index is 13.4. The fraction of sp³-hybridized carbons (Fsp3) is 0.611. The van der Waals surface area contributed by atoms with Crippen LogP contribution in [0, 0.1) is 17.7 Å². The first-order valence-electron chi connectivity index (χ1n) is 7.86. The first-order chi connectivity index (χ1) is 9.81. The summed E-state index contributed by atoms with van der Waals surface area (Å²) in [5.74, 6) is 0.778. The molecule has 0 fully saturated rings. The van der Waals surface area contributed by atoms with Crippen molar-refractivity contribution in [2.24, 2.45) is 11.8 Å². The van der Waals surface area contributed by atoms with Gasteiger partial charge in [0, 0.05) is 24.3 Å². The van der Waals surface area contributed by atoms with Gasteiger partial charge in [-0.05, 0) is 49.8 Å². The van der Waals surface area contributed by atoms with Crippen molar-refractivity contribution in [3.8, 4) is 0 Å². The van der Waals surface area contributed by atoms with E-state index in [2.05, 4.69) is 32.6 Å². The van der Waals surface area contributed by atoms with Crippen molar-refractivity contribution in [3.05, 3.63) is 29.6 Å². The van der Waals surface area contributed by atoms with Crippen LogP contribution in [-0.2, 0) is 0 Å². The van der Waals surface area contributed by atoms with E-state index in [1.54, 1.807) is 6.07 Å². The van der Waals surface area contributed by atoms with Gasteiger partial charge in [-0.15, -0.1) is 0 Å². The molecule has 0 spiro atoms. The van der Waals surface area contributed by atoms with Crippen LogP contribution in [-0.4, -0.2) is 18.9 Å². The third-order valence-electron chi connectivity index (χ3n) is 3.63. The number of nitrogens with zero attached hydrogens (tertiary/aromatic N) is 1. The Morgan fingerprint density at radius 3 is 2.05 bits per heavy atom. The SMILES string of the molecule is CC(=O)c1cc(F)ccc1N(CCC(C)C)CCC(C)C. The molecule has 0 bridgehead atoms. The predicted octanol–water partition coefficient (Wildman–Crippen LogP) is 4.93. The molecule has 0 unspecified atom stereocenters. The average Bonchev–Trinajstić information content (AvgIpc) is 2.38. The Morgan fingerprint density at radius 2 is 1.62 bits per heavy atom. The molecule has 0 atom stereocenters. The molecule has 0 saturated carbocycles. The number of benzene rings is 1. The summed E-state index contributed by atoms with van der Waals surface area (Å²) >= 11 is 0. The lowest BCUT2D eigenvalue weighted by Gasteiger charge is -2.28. The highest BCUT2D eigenvalue weighted by Crippen LogP contribution is 2.24. The van der Waals surface area contributed by atoms with E-state index in [-0.39, 0.29) is 11.6 Å². The van der Waals surface area contributed by atoms with Crippen molar-refractivity contribution in [3.63, 3.8) is 0 Å². The van der Waals surface area contributed by atoms with Gasteiger partial charge in [-0.2, -0.15) is 0 Å². The van der Waals surface area contributed by atoms with E-state index in [4.69, 9.17) is 0 Å². The van der Waals surface area contributed by atoms with Gasteiger partial charge in [0.15, 0.2) is 5.78 Å². The molecule has 2 nitrogen and oxygen atoms in total. The largest absolute Gasteiger partial charge is 0.371 e. The van der Waals surface area contributed by atoms with Gasteiger partial charge < -0.3 is 4.90 Å². The second kappa shape index (κ2) is 8.16. The molecule has 0 N–H and O–H groups in total. The number of halogens is 1. The summed E-state index contributed by atoms with van der Waals surface area (Å²) in [6, 6.07) is 4.54. The van der Waals surface area contributed by atoms with E-state index in [0.29, 0.717) is 17.4 Å². The number of hydrogen-bond acceptors (Lipinski definition) is 2. The minimum Gasteiger partial charge on any atom is -0.371 e. The molecule has 3 heteroatoms. The number of hydrogen-bond donors (Lipinski definition) is 0. The number of ketones is 1. The normalized spacial score (nSPS) is 11.2. The first kappa shape index (κ1) is 17.7. The standard InChI is InChI=1S/C18H28FNO/c1-13(2)8-10-20(11-9-14(3)4)18-7-6-16(19)12-17(18)15(5)21/h6-7,12-14H,8-11H2,1-5H3. The van der Waals surface area contributed by atoms with Crippen LogP contribution in [0.3, 0.4) is 0 Å². The molecule has 0 aromatic heterocycles. The van der Waals surface area contributed by atoms with Crippen molar-refractivity contribution in [2.45, 2.75) is 47.5 Å². The van der Waals surface area contributed by atoms with E-state index in [0.717, 1.165) is 31.6 Å². The van der Waals surface area contributed by atoms with Crippen LogP contribution >= 0.6 is 0 Å². The fourth-order valence-electron chi connectivity index (χ4n) is 2.25. The van der Waals surface area contributed by atoms with Crippen molar-refractivity contribution in [1.82, 2.24) is 0 Å². The molecule has 0 heterocycles. The van der Waals surface area contributed by atoms with Gasteiger partial charge >= 0.3 is 0 Å². The zero-order valence-corrected chi connectivity index (χ0v) is 13.9. The smallest absolute Gasteiger partial charge is 0.161 e. The molecule has 21 heavy (non-hydrogen) atoms. The van der Waals surface area contributed by atoms with Gasteiger partial charge in [-0.1, -0.05) is 27.7 Å². The Balaban J connectivity index is 3.02. The lowest BCUT2D eigenvalue weighted by atomic mass is 10.0. The molecular weight excluding hydrogens is 265 g/mol. The van der Waals surface area contributed by atoms with Crippen molar-refractivity contribution in [2.75, 3.05) is 18.0 Å². The highest BCUT2D eigenvalue weighted by molar-refractivity contribution is 5.99. The van der Waals surface area contributed by atoms with Crippen LogP contribution in [0.5, 0.6) is 0 Å². The Morgan fingerprint density at radius 1 is 1.10 bits per heavy atom. The lowest BCUT2D eigenvalue weighted by molar-refractivity contribution is 0.101. The van der Waals surface area contributed by atoms with Crippen LogP contribution in [0.4, 0.5) is 10.1 Å². The van der Waals surface area contributed by atoms with Gasteiger partial charge in [0.1, 0.15) is 5.82 Å². The molecule has 0 aliphatic carbocycles. The second-order valence-electron chi connectivity index (χ2n) is 6.57. The lowest BCUT2D eigenvalue weighted by Crippen LogP contribution is -2.29. The Kier molecular flexibility index (Phi) is 6.86. The highest BCUT2D eigenvalue weighted by atomic mass is 19.1.